The molecule has 50 heavy (non-hydrogen) atoms. The molecule has 254 valence electrons. The maximum Gasteiger partial charge on any atom is 0.416 e. The van der Waals surface area contributed by atoms with Crippen LogP contribution in [0.2, 0.25) is 5.02 Å². The van der Waals surface area contributed by atoms with Crippen LogP contribution in [0.25, 0.3) is 6.08 Å². The predicted molar refractivity (Wildman–Crippen MR) is 190 cm³/mol. The zero-order chi connectivity index (χ0) is 35.7. The van der Waals surface area contributed by atoms with Crippen LogP contribution in [-0.4, -0.2) is 24.8 Å². The molecule has 0 aliphatic rings. The number of para-hydroxylation sites is 1. The largest absolute Gasteiger partial charge is 0.496 e. The molecule has 0 heterocycles. The number of ether oxygens (including phenoxy) is 1. The Morgan fingerprint density at radius 1 is 0.800 bits per heavy atom. The Bertz CT molecular complexity index is 2010. The monoisotopic (exact) mass is 715 g/mol. The van der Waals surface area contributed by atoms with Crippen LogP contribution in [0.3, 0.4) is 0 Å². The Morgan fingerprint density at radius 3 is 2.10 bits per heavy atom. The van der Waals surface area contributed by atoms with E-state index in [2.05, 4.69) is 16.0 Å². The smallest absolute Gasteiger partial charge is 0.416 e. The minimum absolute atomic E-state index is 0.0316. The van der Waals surface area contributed by atoms with Gasteiger partial charge >= 0.3 is 6.18 Å². The van der Waals surface area contributed by atoms with Crippen LogP contribution in [0.5, 0.6) is 5.75 Å². The van der Waals surface area contributed by atoms with Crippen LogP contribution in [0, 0.1) is 0 Å². The number of carbonyl (C=O) groups is 3. The molecule has 3 amide bonds. The van der Waals surface area contributed by atoms with Gasteiger partial charge in [0.15, 0.2) is 0 Å². The molecular weight excluding hydrogens is 687 g/mol. The zero-order valence-electron chi connectivity index (χ0n) is 26.3. The Labute approximate surface area is 295 Å². The van der Waals surface area contributed by atoms with Crippen molar-refractivity contribution in [2.75, 3.05) is 17.7 Å². The Balaban J connectivity index is 1.35. The van der Waals surface area contributed by atoms with Crippen LogP contribution in [0.15, 0.2) is 138 Å². The first-order valence-corrected chi connectivity index (χ1v) is 16.3. The summed E-state index contributed by atoms with van der Waals surface area (Å²) in [4.78, 5) is 40.7. The van der Waals surface area contributed by atoms with Gasteiger partial charge in [-0.1, -0.05) is 78.3 Å². The summed E-state index contributed by atoms with van der Waals surface area (Å²) in [6, 6.07) is 33.6. The second-order valence-electron chi connectivity index (χ2n) is 10.7. The van der Waals surface area contributed by atoms with E-state index in [0.29, 0.717) is 33.0 Å². The fourth-order valence-corrected chi connectivity index (χ4v) is 5.92. The maximum absolute atomic E-state index is 13.5. The molecule has 7 nitrogen and oxygen atoms in total. The number of alkyl halides is 3. The molecule has 0 saturated carbocycles. The van der Waals surface area contributed by atoms with Crippen molar-refractivity contribution in [3.05, 3.63) is 160 Å². The topological polar surface area (TPSA) is 96.5 Å². The first-order chi connectivity index (χ1) is 24.0. The van der Waals surface area contributed by atoms with Gasteiger partial charge in [0.25, 0.3) is 11.8 Å². The molecule has 1 atom stereocenters. The number of carbonyl (C=O) groups excluding carboxylic acids is 3. The SMILES string of the molecule is COc1ccccc1/C=C(\NC(=O)c1ccccc1)C(=O)Nc1ccc(SC(C(=O)Nc2cc(C(F)(F)F)ccc2Cl)c2ccccc2)cc1. The number of amides is 3. The Morgan fingerprint density at radius 2 is 1.44 bits per heavy atom. The van der Waals surface area contributed by atoms with E-state index in [1.165, 1.54) is 13.2 Å². The van der Waals surface area contributed by atoms with Gasteiger partial charge in [-0.25, -0.2) is 0 Å². The first kappa shape index (κ1) is 35.8. The van der Waals surface area contributed by atoms with E-state index in [-0.39, 0.29) is 16.4 Å². The number of hydrogen-bond donors (Lipinski definition) is 3. The van der Waals surface area contributed by atoms with Gasteiger partial charge in [0.1, 0.15) is 16.7 Å². The molecule has 0 saturated heterocycles. The van der Waals surface area contributed by atoms with E-state index in [0.717, 1.165) is 30.0 Å². The Kier molecular flexibility index (Phi) is 11.6. The summed E-state index contributed by atoms with van der Waals surface area (Å²) >= 11 is 7.30. The molecule has 5 aromatic rings. The van der Waals surface area contributed by atoms with Crippen molar-refractivity contribution >= 4 is 58.5 Å². The highest BCUT2D eigenvalue weighted by molar-refractivity contribution is 8.00. The third-order valence-electron chi connectivity index (χ3n) is 7.23. The molecule has 0 bridgehead atoms. The van der Waals surface area contributed by atoms with Crippen molar-refractivity contribution < 1.29 is 32.3 Å². The van der Waals surface area contributed by atoms with E-state index >= 15 is 0 Å². The molecule has 0 aliphatic heterocycles. The second-order valence-corrected chi connectivity index (χ2v) is 12.3. The fraction of sp³-hybridized carbons (Fsp3) is 0.0789. The van der Waals surface area contributed by atoms with Crippen molar-refractivity contribution in [1.29, 1.82) is 0 Å². The predicted octanol–water partition coefficient (Wildman–Crippen LogP) is 9.25. The summed E-state index contributed by atoms with van der Waals surface area (Å²) in [5.74, 6) is -1.16. The summed E-state index contributed by atoms with van der Waals surface area (Å²) < 4.78 is 45.5. The van der Waals surface area contributed by atoms with Gasteiger partial charge in [0, 0.05) is 21.7 Å². The summed E-state index contributed by atoms with van der Waals surface area (Å²) in [5.41, 5.74) is 0.792. The molecular formula is C38H29ClF3N3O4S. The summed E-state index contributed by atoms with van der Waals surface area (Å²) in [5, 5.41) is 7.12. The number of anilines is 2. The number of rotatable bonds is 11. The lowest BCUT2D eigenvalue weighted by Crippen LogP contribution is -2.30. The van der Waals surface area contributed by atoms with E-state index < -0.39 is 34.7 Å². The highest BCUT2D eigenvalue weighted by atomic mass is 35.5. The van der Waals surface area contributed by atoms with Gasteiger partial charge in [-0.2, -0.15) is 13.2 Å². The fourth-order valence-electron chi connectivity index (χ4n) is 4.73. The van der Waals surface area contributed by atoms with E-state index in [1.807, 2.05) is 0 Å². The third kappa shape index (κ3) is 9.34. The van der Waals surface area contributed by atoms with E-state index in [4.69, 9.17) is 16.3 Å². The second kappa shape index (κ2) is 16.3. The molecule has 5 aromatic carbocycles. The molecule has 0 aliphatic carbocycles. The number of hydrogen-bond acceptors (Lipinski definition) is 5. The summed E-state index contributed by atoms with van der Waals surface area (Å²) in [7, 11) is 1.50. The zero-order valence-corrected chi connectivity index (χ0v) is 27.9. The number of nitrogens with one attached hydrogen (secondary N) is 3. The first-order valence-electron chi connectivity index (χ1n) is 15.0. The number of thioether (sulfide) groups is 1. The minimum Gasteiger partial charge on any atom is -0.496 e. The molecule has 12 heteroatoms. The Hall–Kier alpha value is -5.52. The number of benzene rings is 5. The third-order valence-corrected chi connectivity index (χ3v) is 8.82. The van der Waals surface area contributed by atoms with Gasteiger partial charge in [-0.05, 0) is 72.3 Å². The van der Waals surface area contributed by atoms with Crippen LogP contribution in [0.1, 0.15) is 32.3 Å². The number of methoxy groups -OCH3 is 1. The van der Waals surface area contributed by atoms with Crippen molar-refractivity contribution in [1.82, 2.24) is 5.32 Å². The normalized spacial score (nSPS) is 12.1. The minimum atomic E-state index is -4.62. The van der Waals surface area contributed by atoms with Crippen molar-refractivity contribution in [2.24, 2.45) is 0 Å². The maximum atomic E-state index is 13.5. The molecule has 5 rings (SSSR count). The van der Waals surface area contributed by atoms with Crippen molar-refractivity contribution in [3.8, 4) is 5.75 Å². The van der Waals surface area contributed by atoms with Gasteiger partial charge in [-0.15, -0.1) is 11.8 Å². The average Bonchev–Trinajstić information content (AvgIpc) is 3.12. The van der Waals surface area contributed by atoms with Crippen molar-refractivity contribution in [2.45, 2.75) is 16.3 Å². The highest BCUT2D eigenvalue weighted by Crippen LogP contribution is 2.39. The van der Waals surface area contributed by atoms with E-state index in [1.54, 1.807) is 109 Å². The quantitative estimate of drug-likeness (QED) is 0.0936. The molecule has 0 fully saturated rings. The number of halogens is 4. The van der Waals surface area contributed by atoms with Crippen LogP contribution < -0.4 is 20.7 Å². The molecule has 1 unspecified atom stereocenters. The average molecular weight is 716 g/mol. The standard InChI is InChI=1S/C38H29ClF3N3O4S/c1-49-33-15-9-8-14-26(33)22-32(45-35(46)25-12-6-3-7-13-25)36(47)43-28-17-19-29(20-18-28)50-34(24-10-4-2-5-11-24)37(48)44-31-23-27(38(40,41)42)16-21-30(31)39/h2-23,34H,1H3,(H,43,47)(H,44,48)(H,45,46)/b32-22-. The van der Waals surface area contributed by atoms with Gasteiger partial charge in [0.2, 0.25) is 5.91 Å². The lowest BCUT2D eigenvalue weighted by atomic mass is 10.1. The van der Waals surface area contributed by atoms with Crippen LogP contribution >= 0.6 is 23.4 Å². The summed E-state index contributed by atoms with van der Waals surface area (Å²) in [6.45, 7) is 0. The van der Waals surface area contributed by atoms with Gasteiger partial charge < -0.3 is 20.7 Å². The van der Waals surface area contributed by atoms with E-state index in [9.17, 15) is 27.6 Å². The molecule has 3 N–H and O–H groups in total. The summed E-state index contributed by atoms with van der Waals surface area (Å²) in [6.07, 6.45) is -3.10. The highest BCUT2D eigenvalue weighted by Gasteiger charge is 2.32. The lowest BCUT2D eigenvalue weighted by molar-refractivity contribution is -0.137. The van der Waals surface area contributed by atoms with Gasteiger partial charge in [-0.3, -0.25) is 14.4 Å². The van der Waals surface area contributed by atoms with Crippen LogP contribution in [-0.2, 0) is 15.8 Å². The van der Waals surface area contributed by atoms with Crippen molar-refractivity contribution in [3.63, 3.8) is 0 Å². The van der Waals surface area contributed by atoms with Gasteiger partial charge in [0.05, 0.1) is 23.4 Å². The molecule has 0 spiro atoms. The molecule has 0 aromatic heterocycles. The van der Waals surface area contributed by atoms with Crippen LogP contribution in [0.4, 0.5) is 24.5 Å². The molecule has 0 radical (unpaired) electrons. The lowest BCUT2D eigenvalue weighted by Gasteiger charge is -2.19.